The van der Waals surface area contributed by atoms with Gasteiger partial charge in [0, 0.05) is 12.6 Å². The van der Waals surface area contributed by atoms with Crippen LogP contribution in [0, 0.1) is 0 Å². The summed E-state index contributed by atoms with van der Waals surface area (Å²) in [6.07, 6.45) is 8.81. The van der Waals surface area contributed by atoms with Gasteiger partial charge in [-0.1, -0.05) is 19.3 Å². The van der Waals surface area contributed by atoms with Crippen molar-refractivity contribution in [3.05, 3.63) is 0 Å². The van der Waals surface area contributed by atoms with E-state index in [0.717, 1.165) is 38.6 Å². The smallest absolute Gasteiger partial charge is 0.246 e. The van der Waals surface area contributed by atoms with Gasteiger partial charge in [0.2, 0.25) is 11.8 Å². The van der Waals surface area contributed by atoms with Crippen molar-refractivity contribution in [3.63, 3.8) is 0 Å². The van der Waals surface area contributed by atoms with Crippen LogP contribution in [0.2, 0.25) is 0 Å². The Hall–Kier alpha value is -1.06. The standard InChI is InChI=1S/C15H24N2O2/c1-11-14(18)16-10-6-5-9-13(16)15(19)17(11)12-7-3-2-4-8-12/h11-13H,2-10H2,1H3. The molecule has 2 atom stereocenters. The van der Waals surface area contributed by atoms with E-state index in [1.807, 2.05) is 16.7 Å². The largest absolute Gasteiger partial charge is 0.329 e. The number of rotatable bonds is 1. The van der Waals surface area contributed by atoms with Gasteiger partial charge in [0.1, 0.15) is 12.1 Å². The molecule has 3 aliphatic rings. The Morgan fingerprint density at radius 2 is 1.58 bits per heavy atom. The lowest BCUT2D eigenvalue weighted by Crippen LogP contribution is -2.67. The maximum absolute atomic E-state index is 12.7. The van der Waals surface area contributed by atoms with Crippen molar-refractivity contribution >= 4 is 11.8 Å². The molecule has 0 bridgehead atoms. The summed E-state index contributed by atoms with van der Waals surface area (Å²) in [5, 5.41) is 0. The van der Waals surface area contributed by atoms with Gasteiger partial charge in [-0.25, -0.2) is 0 Å². The lowest BCUT2D eigenvalue weighted by molar-refractivity contribution is -0.166. The average molecular weight is 264 g/mol. The van der Waals surface area contributed by atoms with Crippen molar-refractivity contribution in [1.82, 2.24) is 9.80 Å². The zero-order chi connectivity index (χ0) is 13.4. The number of carbonyl (C=O) groups excluding carboxylic acids is 2. The summed E-state index contributed by atoms with van der Waals surface area (Å²) in [5.41, 5.74) is 0. The van der Waals surface area contributed by atoms with Crippen molar-refractivity contribution in [2.24, 2.45) is 0 Å². The molecule has 4 heteroatoms. The van der Waals surface area contributed by atoms with Crippen molar-refractivity contribution in [1.29, 1.82) is 0 Å². The fourth-order valence-electron chi connectivity index (χ4n) is 4.03. The van der Waals surface area contributed by atoms with Crippen LogP contribution in [0.15, 0.2) is 0 Å². The van der Waals surface area contributed by atoms with E-state index in [1.165, 1.54) is 19.3 Å². The predicted octanol–water partition coefficient (Wildman–Crippen LogP) is 1.93. The molecule has 2 unspecified atom stereocenters. The second-order valence-electron chi connectivity index (χ2n) is 6.26. The zero-order valence-corrected chi connectivity index (χ0v) is 11.8. The van der Waals surface area contributed by atoms with Gasteiger partial charge in [-0.2, -0.15) is 0 Å². The van der Waals surface area contributed by atoms with Crippen LogP contribution in [0.3, 0.4) is 0 Å². The number of nitrogens with zero attached hydrogens (tertiary/aromatic N) is 2. The van der Waals surface area contributed by atoms with Crippen molar-refractivity contribution in [2.45, 2.75) is 76.4 Å². The molecule has 4 nitrogen and oxygen atoms in total. The third-order valence-corrected chi connectivity index (χ3v) is 5.07. The van der Waals surface area contributed by atoms with Crippen molar-refractivity contribution in [2.75, 3.05) is 6.54 Å². The van der Waals surface area contributed by atoms with E-state index in [2.05, 4.69) is 0 Å². The molecule has 106 valence electrons. The van der Waals surface area contributed by atoms with Gasteiger partial charge in [0.05, 0.1) is 0 Å². The Morgan fingerprint density at radius 3 is 2.32 bits per heavy atom. The minimum Gasteiger partial charge on any atom is -0.329 e. The van der Waals surface area contributed by atoms with Crippen LogP contribution < -0.4 is 0 Å². The third kappa shape index (κ3) is 2.15. The van der Waals surface area contributed by atoms with Crippen LogP contribution in [0.1, 0.15) is 58.3 Å². The molecule has 0 aromatic carbocycles. The highest BCUT2D eigenvalue weighted by atomic mass is 16.2. The molecule has 2 saturated heterocycles. The highest BCUT2D eigenvalue weighted by molar-refractivity contribution is 5.97. The lowest BCUT2D eigenvalue weighted by atomic mass is 9.89. The molecule has 0 aromatic heterocycles. The Balaban J connectivity index is 1.83. The summed E-state index contributed by atoms with van der Waals surface area (Å²) < 4.78 is 0. The maximum Gasteiger partial charge on any atom is 0.246 e. The van der Waals surface area contributed by atoms with Gasteiger partial charge < -0.3 is 9.80 Å². The first-order valence-electron chi connectivity index (χ1n) is 7.83. The van der Waals surface area contributed by atoms with E-state index in [1.54, 1.807) is 0 Å². The first-order chi connectivity index (χ1) is 9.20. The maximum atomic E-state index is 12.7. The van der Waals surface area contributed by atoms with Crippen LogP contribution in [0.25, 0.3) is 0 Å². The van der Waals surface area contributed by atoms with Crippen LogP contribution in [0.5, 0.6) is 0 Å². The molecule has 2 amide bonds. The summed E-state index contributed by atoms with van der Waals surface area (Å²) in [6, 6.07) is -0.0893. The minimum atomic E-state index is -0.245. The predicted molar refractivity (Wildman–Crippen MR) is 72.5 cm³/mol. The lowest BCUT2D eigenvalue weighted by Gasteiger charge is -2.49. The molecule has 1 saturated carbocycles. The van der Waals surface area contributed by atoms with Gasteiger partial charge in [0.15, 0.2) is 0 Å². The van der Waals surface area contributed by atoms with Crippen LogP contribution >= 0.6 is 0 Å². The monoisotopic (exact) mass is 264 g/mol. The normalized spacial score (nSPS) is 33.5. The number of hydrogen-bond donors (Lipinski definition) is 0. The summed E-state index contributed by atoms with van der Waals surface area (Å²) >= 11 is 0. The quantitative estimate of drug-likeness (QED) is 0.726. The zero-order valence-electron chi connectivity index (χ0n) is 11.8. The van der Waals surface area contributed by atoms with Gasteiger partial charge >= 0.3 is 0 Å². The molecule has 3 fully saturated rings. The Bertz CT molecular complexity index is 376. The summed E-state index contributed by atoms with van der Waals surface area (Å²) in [6.45, 7) is 2.69. The SMILES string of the molecule is CC1C(=O)N2CCCCC2C(=O)N1C1CCCCC1. The summed E-state index contributed by atoms with van der Waals surface area (Å²) in [7, 11) is 0. The van der Waals surface area contributed by atoms with Crippen molar-refractivity contribution in [3.8, 4) is 0 Å². The van der Waals surface area contributed by atoms with Crippen LogP contribution in [0.4, 0.5) is 0 Å². The first-order valence-corrected chi connectivity index (χ1v) is 7.83. The fourth-order valence-corrected chi connectivity index (χ4v) is 4.03. The molecule has 3 rings (SSSR count). The van der Waals surface area contributed by atoms with Crippen LogP contribution in [-0.4, -0.2) is 46.3 Å². The Labute approximate surface area is 115 Å². The van der Waals surface area contributed by atoms with Gasteiger partial charge in [0.25, 0.3) is 0 Å². The van der Waals surface area contributed by atoms with E-state index in [9.17, 15) is 9.59 Å². The second kappa shape index (κ2) is 5.14. The van der Waals surface area contributed by atoms with Gasteiger partial charge in [-0.3, -0.25) is 9.59 Å². The fraction of sp³-hybridized carbons (Fsp3) is 0.867. The molecule has 0 N–H and O–H groups in total. The van der Waals surface area contributed by atoms with E-state index in [-0.39, 0.29) is 23.9 Å². The molecular formula is C15H24N2O2. The van der Waals surface area contributed by atoms with E-state index >= 15 is 0 Å². The van der Waals surface area contributed by atoms with E-state index in [0.29, 0.717) is 6.04 Å². The Morgan fingerprint density at radius 1 is 0.895 bits per heavy atom. The highest BCUT2D eigenvalue weighted by Gasteiger charge is 2.46. The molecule has 2 heterocycles. The molecule has 0 aromatic rings. The summed E-state index contributed by atoms with van der Waals surface area (Å²) in [5.74, 6) is 0.397. The number of carbonyl (C=O) groups is 2. The molecule has 0 spiro atoms. The first kappa shape index (κ1) is 12.9. The average Bonchev–Trinajstić information content (AvgIpc) is 2.46. The highest BCUT2D eigenvalue weighted by Crippen LogP contribution is 2.31. The number of amides is 2. The van der Waals surface area contributed by atoms with Crippen LogP contribution in [-0.2, 0) is 9.59 Å². The third-order valence-electron chi connectivity index (χ3n) is 5.07. The molecular weight excluding hydrogens is 240 g/mol. The summed E-state index contributed by atoms with van der Waals surface area (Å²) in [4.78, 5) is 29.0. The van der Waals surface area contributed by atoms with Crippen molar-refractivity contribution < 1.29 is 9.59 Å². The molecule has 0 radical (unpaired) electrons. The molecule has 1 aliphatic carbocycles. The van der Waals surface area contributed by atoms with E-state index in [4.69, 9.17) is 0 Å². The van der Waals surface area contributed by atoms with E-state index < -0.39 is 0 Å². The number of piperazine rings is 1. The molecule has 2 aliphatic heterocycles. The number of hydrogen-bond acceptors (Lipinski definition) is 2. The van der Waals surface area contributed by atoms with Gasteiger partial charge in [-0.05, 0) is 39.0 Å². The topological polar surface area (TPSA) is 40.6 Å². The Kier molecular flexibility index (Phi) is 3.50. The second-order valence-corrected chi connectivity index (χ2v) is 6.26. The minimum absolute atomic E-state index is 0.153. The van der Waals surface area contributed by atoms with Gasteiger partial charge in [-0.15, -0.1) is 0 Å². The number of fused-ring (bicyclic) bond motifs is 1. The molecule has 19 heavy (non-hydrogen) atoms. The number of piperidine rings is 1.